The Labute approximate surface area is 109 Å². The highest BCUT2D eigenvalue weighted by Crippen LogP contribution is 2.37. The average Bonchev–Trinajstić information content (AvgIpc) is 2.31. The summed E-state index contributed by atoms with van der Waals surface area (Å²) in [5.41, 5.74) is 2.75. The van der Waals surface area contributed by atoms with Gasteiger partial charge in [-0.05, 0) is 38.2 Å². The molecule has 1 fully saturated rings. The highest BCUT2D eigenvalue weighted by Gasteiger charge is 2.31. The fourth-order valence-electron chi connectivity index (χ4n) is 2.60. The molecule has 3 nitrogen and oxygen atoms in total. The van der Waals surface area contributed by atoms with E-state index in [1.165, 1.54) is 11.1 Å². The van der Waals surface area contributed by atoms with Crippen molar-refractivity contribution in [1.82, 2.24) is 10.6 Å². The van der Waals surface area contributed by atoms with Gasteiger partial charge in [0.2, 0.25) is 5.91 Å². The monoisotopic (exact) mass is 246 g/mol. The number of aryl methyl sites for hydroxylation is 1. The molecule has 0 radical (unpaired) electrons. The Hall–Kier alpha value is -1.35. The zero-order valence-electron chi connectivity index (χ0n) is 11.4. The molecule has 0 saturated heterocycles. The van der Waals surface area contributed by atoms with Crippen molar-refractivity contribution in [2.45, 2.75) is 44.7 Å². The van der Waals surface area contributed by atoms with Crippen molar-refractivity contribution in [1.29, 1.82) is 0 Å². The van der Waals surface area contributed by atoms with E-state index in [1.54, 1.807) is 7.05 Å². The number of benzene rings is 1. The Morgan fingerprint density at radius 2 is 2.11 bits per heavy atom. The highest BCUT2D eigenvalue weighted by molar-refractivity contribution is 5.80. The van der Waals surface area contributed by atoms with Crippen LogP contribution in [0, 0.1) is 6.92 Å². The van der Waals surface area contributed by atoms with Crippen LogP contribution in [0.25, 0.3) is 0 Å². The molecule has 0 bridgehead atoms. The summed E-state index contributed by atoms with van der Waals surface area (Å²) in [7, 11) is 1.68. The molecule has 0 aliphatic heterocycles. The first kappa shape index (κ1) is 13.1. The second kappa shape index (κ2) is 5.53. The molecule has 1 unspecified atom stereocenters. The third-order valence-electron chi connectivity index (χ3n) is 3.78. The minimum atomic E-state index is -0.0986. The topological polar surface area (TPSA) is 41.1 Å². The second-order valence-corrected chi connectivity index (χ2v) is 5.28. The maximum Gasteiger partial charge on any atom is 0.236 e. The van der Waals surface area contributed by atoms with Crippen LogP contribution in [0.1, 0.15) is 36.8 Å². The molecule has 0 heterocycles. The zero-order valence-corrected chi connectivity index (χ0v) is 11.4. The van der Waals surface area contributed by atoms with Gasteiger partial charge in [0.25, 0.3) is 0 Å². The highest BCUT2D eigenvalue weighted by atomic mass is 16.2. The van der Waals surface area contributed by atoms with Crippen molar-refractivity contribution in [2.75, 3.05) is 7.05 Å². The summed E-state index contributed by atoms with van der Waals surface area (Å²) >= 11 is 0. The van der Waals surface area contributed by atoms with Gasteiger partial charge in [-0.1, -0.05) is 29.8 Å². The zero-order chi connectivity index (χ0) is 13.1. The SMILES string of the molecule is CNC(=O)C(C)NC1CC(c2cccc(C)c2)C1. The lowest BCUT2D eigenvalue weighted by molar-refractivity contribution is -0.122. The van der Waals surface area contributed by atoms with Crippen molar-refractivity contribution in [3.8, 4) is 0 Å². The van der Waals surface area contributed by atoms with E-state index in [2.05, 4.69) is 41.8 Å². The maximum atomic E-state index is 11.4. The van der Waals surface area contributed by atoms with Crippen LogP contribution in [0.15, 0.2) is 24.3 Å². The van der Waals surface area contributed by atoms with Crippen LogP contribution in [0.4, 0.5) is 0 Å². The summed E-state index contributed by atoms with van der Waals surface area (Å²) in [6.45, 7) is 4.05. The lowest BCUT2D eigenvalue weighted by Crippen LogP contribution is -2.50. The number of amides is 1. The minimum Gasteiger partial charge on any atom is -0.358 e. The van der Waals surface area contributed by atoms with Crippen LogP contribution in [-0.4, -0.2) is 25.0 Å². The van der Waals surface area contributed by atoms with Gasteiger partial charge in [0, 0.05) is 13.1 Å². The molecule has 2 rings (SSSR count). The molecule has 0 aromatic heterocycles. The normalized spacial score (nSPS) is 24.2. The molecule has 1 aromatic carbocycles. The maximum absolute atomic E-state index is 11.4. The van der Waals surface area contributed by atoms with Gasteiger partial charge in [0.05, 0.1) is 6.04 Å². The van der Waals surface area contributed by atoms with Crippen molar-refractivity contribution < 1.29 is 4.79 Å². The molecule has 3 heteroatoms. The Balaban J connectivity index is 1.82. The number of hydrogen-bond donors (Lipinski definition) is 2. The van der Waals surface area contributed by atoms with Gasteiger partial charge >= 0.3 is 0 Å². The molecule has 1 amide bonds. The average molecular weight is 246 g/mol. The molecule has 1 atom stereocenters. The molecule has 1 saturated carbocycles. The predicted octanol–water partition coefficient (Wildman–Crippen LogP) is 1.97. The van der Waals surface area contributed by atoms with Crippen molar-refractivity contribution >= 4 is 5.91 Å². The predicted molar refractivity (Wildman–Crippen MR) is 73.6 cm³/mol. The van der Waals surface area contributed by atoms with Gasteiger partial charge in [-0.3, -0.25) is 4.79 Å². The van der Waals surface area contributed by atoms with E-state index in [4.69, 9.17) is 0 Å². The first-order chi connectivity index (χ1) is 8.60. The van der Waals surface area contributed by atoms with E-state index in [1.807, 2.05) is 6.92 Å². The molecule has 1 aliphatic rings. The van der Waals surface area contributed by atoms with Crippen molar-refractivity contribution in [2.24, 2.45) is 0 Å². The molecule has 98 valence electrons. The van der Waals surface area contributed by atoms with E-state index in [-0.39, 0.29) is 11.9 Å². The van der Waals surface area contributed by atoms with Crippen LogP contribution < -0.4 is 10.6 Å². The van der Waals surface area contributed by atoms with Crippen LogP contribution in [0.3, 0.4) is 0 Å². The third-order valence-corrected chi connectivity index (χ3v) is 3.78. The van der Waals surface area contributed by atoms with Crippen molar-refractivity contribution in [3.05, 3.63) is 35.4 Å². The number of rotatable bonds is 4. The summed E-state index contributed by atoms with van der Waals surface area (Å²) in [5, 5.41) is 6.04. The summed E-state index contributed by atoms with van der Waals surface area (Å²) in [6.07, 6.45) is 2.26. The Kier molecular flexibility index (Phi) is 4.02. The number of carbonyl (C=O) groups is 1. The molecule has 0 spiro atoms. The number of hydrogen-bond acceptors (Lipinski definition) is 2. The van der Waals surface area contributed by atoms with E-state index in [9.17, 15) is 4.79 Å². The third kappa shape index (κ3) is 2.91. The fraction of sp³-hybridized carbons (Fsp3) is 0.533. The lowest BCUT2D eigenvalue weighted by atomic mass is 9.75. The number of carbonyl (C=O) groups excluding carboxylic acids is 1. The van der Waals surface area contributed by atoms with Crippen LogP contribution in [-0.2, 0) is 4.79 Å². The molecule has 1 aliphatic carbocycles. The van der Waals surface area contributed by atoms with Crippen LogP contribution in [0.5, 0.6) is 0 Å². The van der Waals surface area contributed by atoms with Gasteiger partial charge in [-0.15, -0.1) is 0 Å². The first-order valence-corrected chi connectivity index (χ1v) is 6.64. The summed E-state index contributed by atoms with van der Waals surface area (Å²) in [5.74, 6) is 0.716. The van der Waals surface area contributed by atoms with Crippen LogP contribution in [0.2, 0.25) is 0 Å². The van der Waals surface area contributed by atoms with E-state index in [0.717, 1.165) is 12.8 Å². The second-order valence-electron chi connectivity index (χ2n) is 5.28. The first-order valence-electron chi connectivity index (χ1n) is 6.64. The van der Waals surface area contributed by atoms with Crippen LogP contribution >= 0.6 is 0 Å². The largest absolute Gasteiger partial charge is 0.358 e. The number of likely N-dealkylation sites (N-methyl/N-ethyl adjacent to an activating group) is 1. The standard InChI is InChI=1S/C15H22N2O/c1-10-5-4-6-12(7-10)13-8-14(9-13)17-11(2)15(18)16-3/h4-7,11,13-14,17H,8-9H2,1-3H3,(H,16,18). The summed E-state index contributed by atoms with van der Waals surface area (Å²) < 4.78 is 0. The Morgan fingerprint density at radius 1 is 1.39 bits per heavy atom. The van der Waals surface area contributed by atoms with Gasteiger partial charge in [-0.2, -0.15) is 0 Å². The smallest absolute Gasteiger partial charge is 0.236 e. The molecular weight excluding hydrogens is 224 g/mol. The summed E-state index contributed by atoms with van der Waals surface area (Å²) in [6, 6.07) is 9.10. The van der Waals surface area contributed by atoms with E-state index in [0.29, 0.717) is 12.0 Å². The molecule has 2 N–H and O–H groups in total. The Bertz CT molecular complexity index is 424. The van der Waals surface area contributed by atoms with Crippen molar-refractivity contribution in [3.63, 3.8) is 0 Å². The van der Waals surface area contributed by atoms with Gasteiger partial charge in [0.1, 0.15) is 0 Å². The number of nitrogens with one attached hydrogen (secondary N) is 2. The lowest BCUT2D eigenvalue weighted by Gasteiger charge is -2.38. The van der Waals surface area contributed by atoms with Gasteiger partial charge in [-0.25, -0.2) is 0 Å². The van der Waals surface area contributed by atoms with Gasteiger partial charge < -0.3 is 10.6 Å². The molecule has 18 heavy (non-hydrogen) atoms. The van der Waals surface area contributed by atoms with Gasteiger partial charge in [0.15, 0.2) is 0 Å². The quantitative estimate of drug-likeness (QED) is 0.852. The van der Waals surface area contributed by atoms with E-state index < -0.39 is 0 Å². The fourth-order valence-corrected chi connectivity index (χ4v) is 2.60. The Morgan fingerprint density at radius 3 is 2.72 bits per heavy atom. The van der Waals surface area contributed by atoms with E-state index >= 15 is 0 Å². The minimum absolute atomic E-state index is 0.0639. The molecular formula is C15H22N2O. The molecule has 1 aromatic rings. The summed E-state index contributed by atoms with van der Waals surface area (Å²) in [4.78, 5) is 11.4.